The van der Waals surface area contributed by atoms with E-state index in [0.29, 0.717) is 10.0 Å². The number of amides is 1. The molecule has 8 heteroatoms. The normalized spacial score (nSPS) is 19.0. The van der Waals surface area contributed by atoms with E-state index in [1.165, 1.54) is 32.3 Å². The van der Waals surface area contributed by atoms with Crippen LogP contribution in [0.3, 0.4) is 0 Å². The summed E-state index contributed by atoms with van der Waals surface area (Å²) in [6.07, 6.45) is 0.903. The fourth-order valence-corrected chi connectivity index (χ4v) is 4.03. The maximum absolute atomic E-state index is 12.1. The number of carbonyl (C=O) groups is 1. The molecule has 0 saturated carbocycles. The molecule has 0 radical (unpaired) electrons. The standard InChI is InChI=1S/C13H18BrN3O3S/c1-17(2)21(19,20)12-4-3-9(7-11(12)14)13(18)16-10-5-6-15-8-10/h3-4,7,10,15H,5-6,8H2,1-2H3,(H,16,18). The van der Waals surface area contributed by atoms with Crippen LogP contribution in [0, 0.1) is 0 Å². The van der Waals surface area contributed by atoms with Crippen molar-refractivity contribution in [3.63, 3.8) is 0 Å². The van der Waals surface area contributed by atoms with Crippen LogP contribution in [0.4, 0.5) is 0 Å². The Kier molecular flexibility index (Phi) is 5.03. The molecule has 1 heterocycles. The molecule has 2 N–H and O–H groups in total. The summed E-state index contributed by atoms with van der Waals surface area (Å²) in [5, 5.41) is 6.09. The highest BCUT2D eigenvalue weighted by atomic mass is 79.9. The third kappa shape index (κ3) is 3.63. The van der Waals surface area contributed by atoms with Gasteiger partial charge in [-0.15, -0.1) is 0 Å². The molecule has 21 heavy (non-hydrogen) atoms. The summed E-state index contributed by atoms with van der Waals surface area (Å²) >= 11 is 3.23. The Labute approximate surface area is 133 Å². The lowest BCUT2D eigenvalue weighted by molar-refractivity contribution is 0.0940. The molecular weight excluding hydrogens is 358 g/mol. The van der Waals surface area contributed by atoms with Crippen molar-refractivity contribution < 1.29 is 13.2 Å². The van der Waals surface area contributed by atoms with E-state index in [-0.39, 0.29) is 16.8 Å². The van der Waals surface area contributed by atoms with Gasteiger partial charge in [0.05, 0.1) is 4.90 Å². The summed E-state index contributed by atoms with van der Waals surface area (Å²) < 4.78 is 25.7. The molecule has 116 valence electrons. The van der Waals surface area contributed by atoms with Gasteiger partial charge in [0.25, 0.3) is 5.91 Å². The van der Waals surface area contributed by atoms with Crippen molar-refractivity contribution in [2.75, 3.05) is 27.2 Å². The lowest BCUT2D eigenvalue weighted by atomic mass is 10.2. The molecule has 6 nitrogen and oxygen atoms in total. The van der Waals surface area contributed by atoms with E-state index >= 15 is 0 Å². The SMILES string of the molecule is CN(C)S(=O)(=O)c1ccc(C(=O)NC2CCNC2)cc1Br. The number of nitrogens with one attached hydrogen (secondary N) is 2. The average molecular weight is 376 g/mol. The first-order valence-electron chi connectivity index (χ1n) is 6.56. The Morgan fingerprint density at radius 1 is 1.43 bits per heavy atom. The van der Waals surface area contributed by atoms with Crippen LogP contribution in [-0.4, -0.2) is 51.9 Å². The number of benzene rings is 1. The van der Waals surface area contributed by atoms with Crippen LogP contribution in [-0.2, 0) is 10.0 Å². The minimum Gasteiger partial charge on any atom is -0.348 e. The molecule has 1 saturated heterocycles. The second kappa shape index (κ2) is 6.43. The molecule has 1 amide bonds. The zero-order valence-corrected chi connectivity index (χ0v) is 14.3. The molecule has 1 aromatic carbocycles. The summed E-state index contributed by atoms with van der Waals surface area (Å²) in [5.74, 6) is -0.196. The van der Waals surface area contributed by atoms with Crippen molar-refractivity contribution >= 4 is 31.9 Å². The van der Waals surface area contributed by atoms with Gasteiger partial charge in [-0.25, -0.2) is 12.7 Å². The first kappa shape index (κ1) is 16.4. The number of hydrogen-bond acceptors (Lipinski definition) is 4. The van der Waals surface area contributed by atoms with E-state index in [1.807, 2.05) is 0 Å². The van der Waals surface area contributed by atoms with Crippen molar-refractivity contribution in [1.82, 2.24) is 14.9 Å². The largest absolute Gasteiger partial charge is 0.348 e. The number of nitrogens with zero attached hydrogens (tertiary/aromatic N) is 1. The molecule has 0 spiro atoms. The summed E-state index contributed by atoms with van der Waals surface area (Å²) in [7, 11) is -0.592. The van der Waals surface area contributed by atoms with Crippen LogP contribution in [0.15, 0.2) is 27.6 Å². The van der Waals surface area contributed by atoms with E-state index in [0.717, 1.165) is 23.8 Å². The molecule has 2 rings (SSSR count). The molecule has 1 aliphatic rings. The maximum Gasteiger partial charge on any atom is 0.251 e. The number of hydrogen-bond donors (Lipinski definition) is 2. The Morgan fingerprint density at radius 3 is 2.67 bits per heavy atom. The molecule has 1 aliphatic heterocycles. The first-order valence-corrected chi connectivity index (χ1v) is 8.79. The summed E-state index contributed by atoms with van der Waals surface area (Å²) in [6.45, 7) is 1.66. The Bertz CT molecular complexity index is 640. The Morgan fingerprint density at radius 2 is 2.14 bits per heavy atom. The fraction of sp³-hybridized carbons (Fsp3) is 0.462. The minimum absolute atomic E-state index is 0.126. The van der Waals surface area contributed by atoms with E-state index in [2.05, 4.69) is 26.6 Å². The molecule has 1 unspecified atom stereocenters. The van der Waals surface area contributed by atoms with Crippen LogP contribution in [0.5, 0.6) is 0 Å². The van der Waals surface area contributed by atoms with Gasteiger partial charge in [0.2, 0.25) is 10.0 Å². The monoisotopic (exact) mass is 375 g/mol. The second-order valence-electron chi connectivity index (χ2n) is 5.10. The van der Waals surface area contributed by atoms with E-state index in [1.54, 1.807) is 0 Å². The third-order valence-electron chi connectivity index (χ3n) is 3.35. The summed E-state index contributed by atoms with van der Waals surface area (Å²) in [5.41, 5.74) is 0.437. The highest BCUT2D eigenvalue weighted by molar-refractivity contribution is 9.10. The molecular formula is C13H18BrN3O3S. The predicted molar refractivity (Wildman–Crippen MR) is 83.8 cm³/mol. The summed E-state index contributed by atoms with van der Waals surface area (Å²) in [6, 6.07) is 4.63. The van der Waals surface area contributed by atoms with E-state index in [4.69, 9.17) is 0 Å². The van der Waals surface area contributed by atoms with Gasteiger partial charge in [-0.05, 0) is 47.1 Å². The van der Waals surface area contributed by atoms with Gasteiger partial charge in [0.15, 0.2) is 0 Å². The van der Waals surface area contributed by atoms with Crippen molar-refractivity contribution in [3.05, 3.63) is 28.2 Å². The molecule has 0 bridgehead atoms. The van der Waals surface area contributed by atoms with Gasteiger partial charge in [0.1, 0.15) is 0 Å². The predicted octanol–water partition coefficient (Wildman–Crippen LogP) is 0.791. The number of rotatable bonds is 4. The van der Waals surface area contributed by atoms with Gasteiger partial charge in [-0.2, -0.15) is 0 Å². The molecule has 1 aromatic rings. The molecule has 0 aliphatic carbocycles. The van der Waals surface area contributed by atoms with Crippen LogP contribution >= 0.6 is 15.9 Å². The van der Waals surface area contributed by atoms with Crippen LogP contribution in [0.1, 0.15) is 16.8 Å². The topological polar surface area (TPSA) is 78.5 Å². The lowest BCUT2D eigenvalue weighted by Gasteiger charge is -2.15. The van der Waals surface area contributed by atoms with Gasteiger partial charge >= 0.3 is 0 Å². The number of sulfonamides is 1. The van der Waals surface area contributed by atoms with Crippen molar-refractivity contribution in [2.24, 2.45) is 0 Å². The van der Waals surface area contributed by atoms with Crippen LogP contribution in [0.25, 0.3) is 0 Å². The highest BCUT2D eigenvalue weighted by Gasteiger charge is 2.22. The zero-order valence-electron chi connectivity index (χ0n) is 11.9. The van der Waals surface area contributed by atoms with Gasteiger partial charge in [0, 0.05) is 36.7 Å². The number of halogens is 1. The van der Waals surface area contributed by atoms with Crippen LogP contribution < -0.4 is 10.6 Å². The smallest absolute Gasteiger partial charge is 0.251 e. The number of carbonyl (C=O) groups excluding carboxylic acids is 1. The van der Waals surface area contributed by atoms with Gasteiger partial charge in [-0.1, -0.05) is 0 Å². The maximum atomic E-state index is 12.1. The molecule has 0 aromatic heterocycles. The van der Waals surface area contributed by atoms with Gasteiger partial charge < -0.3 is 10.6 Å². The van der Waals surface area contributed by atoms with Crippen molar-refractivity contribution in [1.29, 1.82) is 0 Å². The minimum atomic E-state index is -3.53. The Hall–Kier alpha value is -0.960. The molecule has 1 fully saturated rings. The van der Waals surface area contributed by atoms with Crippen molar-refractivity contribution in [2.45, 2.75) is 17.4 Å². The third-order valence-corrected chi connectivity index (χ3v) is 6.14. The van der Waals surface area contributed by atoms with E-state index in [9.17, 15) is 13.2 Å². The van der Waals surface area contributed by atoms with Gasteiger partial charge in [-0.3, -0.25) is 4.79 Å². The van der Waals surface area contributed by atoms with Crippen LogP contribution in [0.2, 0.25) is 0 Å². The zero-order chi connectivity index (χ0) is 15.6. The average Bonchev–Trinajstić information content (AvgIpc) is 2.90. The van der Waals surface area contributed by atoms with Crippen molar-refractivity contribution in [3.8, 4) is 0 Å². The molecule has 1 atom stereocenters. The first-order chi connectivity index (χ1) is 9.82. The quantitative estimate of drug-likeness (QED) is 0.815. The highest BCUT2D eigenvalue weighted by Crippen LogP contribution is 2.25. The van der Waals surface area contributed by atoms with E-state index < -0.39 is 10.0 Å². The fourth-order valence-electron chi connectivity index (χ4n) is 2.09. The Balaban J connectivity index is 2.20. The second-order valence-corrected chi connectivity index (χ2v) is 8.07. The summed E-state index contributed by atoms with van der Waals surface area (Å²) in [4.78, 5) is 12.3. The lowest BCUT2D eigenvalue weighted by Crippen LogP contribution is -2.36.